The molecule has 2 rings (SSSR count). The largest absolute Gasteiger partial charge is 0.337 e. The molecule has 0 radical (unpaired) electrons. The molecule has 2 unspecified atom stereocenters. The average molecular weight is 273 g/mol. The Morgan fingerprint density at radius 3 is 2.88 bits per heavy atom. The van der Waals surface area contributed by atoms with Crippen LogP contribution in [-0.4, -0.2) is 33.4 Å². The molecule has 96 valence electrons. The highest BCUT2D eigenvalue weighted by Gasteiger charge is 2.28. The molecule has 17 heavy (non-hydrogen) atoms. The summed E-state index contributed by atoms with van der Waals surface area (Å²) < 4.78 is 5.22. The highest BCUT2D eigenvalue weighted by atomic mass is 32.2. The third kappa shape index (κ3) is 3.55. The van der Waals surface area contributed by atoms with Crippen LogP contribution in [-0.2, 0) is 0 Å². The van der Waals surface area contributed by atoms with E-state index in [1.807, 2.05) is 23.5 Å². The van der Waals surface area contributed by atoms with Gasteiger partial charge in [0.1, 0.15) is 0 Å². The van der Waals surface area contributed by atoms with E-state index in [4.69, 9.17) is 4.52 Å². The molecule has 1 fully saturated rings. The van der Waals surface area contributed by atoms with Gasteiger partial charge in [-0.2, -0.15) is 16.7 Å². The van der Waals surface area contributed by atoms with Crippen LogP contribution in [0, 0.1) is 5.92 Å². The van der Waals surface area contributed by atoms with Crippen molar-refractivity contribution in [3.05, 3.63) is 5.82 Å². The number of rotatable bonds is 4. The lowest BCUT2D eigenvalue weighted by Crippen LogP contribution is -2.17. The van der Waals surface area contributed by atoms with Gasteiger partial charge < -0.3 is 9.84 Å². The van der Waals surface area contributed by atoms with Gasteiger partial charge in [0.05, 0.1) is 5.25 Å². The van der Waals surface area contributed by atoms with E-state index < -0.39 is 0 Å². The second-order valence-corrected chi connectivity index (χ2v) is 7.33. The Bertz CT molecular complexity index is 356. The molecule has 1 aliphatic heterocycles. The summed E-state index contributed by atoms with van der Waals surface area (Å²) in [6, 6.07) is 0.553. The van der Waals surface area contributed by atoms with Crippen molar-refractivity contribution >= 4 is 29.5 Å². The summed E-state index contributed by atoms with van der Waals surface area (Å²) in [6.45, 7) is 7.41. The first kappa shape index (κ1) is 13.1. The molecule has 0 bridgehead atoms. The molecule has 1 aromatic rings. The van der Waals surface area contributed by atoms with Crippen molar-refractivity contribution < 1.29 is 4.52 Å². The fraction of sp³-hybridized carbons (Fsp3) is 0.818. The first-order chi connectivity index (χ1) is 8.16. The highest BCUT2D eigenvalue weighted by Crippen LogP contribution is 2.41. The number of nitrogens with zero attached hydrogens (tertiary/aromatic N) is 2. The van der Waals surface area contributed by atoms with Crippen molar-refractivity contribution in [3.63, 3.8) is 0 Å². The van der Waals surface area contributed by atoms with Crippen LogP contribution in [0.4, 0.5) is 6.01 Å². The number of anilines is 1. The molecule has 1 aliphatic rings. The smallest absolute Gasteiger partial charge is 0.321 e. The van der Waals surface area contributed by atoms with Gasteiger partial charge in [-0.3, -0.25) is 0 Å². The molecule has 1 aromatic heterocycles. The number of nitrogens with one attached hydrogen (secondary N) is 1. The van der Waals surface area contributed by atoms with E-state index in [0.29, 0.717) is 22.4 Å². The zero-order chi connectivity index (χ0) is 12.3. The van der Waals surface area contributed by atoms with Gasteiger partial charge in [0, 0.05) is 23.3 Å². The third-order valence-corrected chi connectivity index (χ3v) is 5.63. The summed E-state index contributed by atoms with van der Waals surface area (Å²) >= 11 is 3.91. The normalized spacial score (nSPS) is 25.2. The standard InChI is InChI=1S/C11H19N3OS2/c1-7(2)6-12-11-13-10(14-15-11)9-8(3)16-4-5-17-9/h7-9H,4-6H2,1-3H3,(H,12,13,14). The summed E-state index contributed by atoms with van der Waals surface area (Å²) in [4.78, 5) is 4.43. The maximum Gasteiger partial charge on any atom is 0.321 e. The van der Waals surface area contributed by atoms with Gasteiger partial charge in [-0.25, -0.2) is 0 Å². The number of hydrogen-bond acceptors (Lipinski definition) is 6. The molecule has 1 N–H and O–H groups in total. The van der Waals surface area contributed by atoms with Gasteiger partial charge in [-0.1, -0.05) is 25.9 Å². The Kier molecular flexibility index (Phi) is 4.62. The maximum atomic E-state index is 5.22. The van der Waals surface area contributed by atoms with Crippen LogP contribution in [0.25, 0.3) is 0 Å². The summed E-state index contributed by atoms with van der Waals surface area (Å²) in [5, 5.41) is 8.17. The first-order valence-electron chi connectivity index (χ1n) is 5.97. The van der Waals surface area contributed by atoms with Gasteiger partial charge in [-0.05, 0) is 5.92 Å². The lowest BCUT2D eigenvalue weighted by Gasteiger charge is -2.24. The van der Waals surface area contributed by atoms with Gasteiger partial charge in [0.2, 0.25) is 0 Å². The monoisotopic (exact) mass is 273 g/mol. The molecular formula is C11H19N3OS2. The predicted octanol–water partition coefficient (Wildman–Crippen LogP) is 3.05. The Morgan fingerprint density at radius 1 is 1.41 bits per heavy atom. The van der Waals surface area contributed by atoms with Crippen LogP contribution < -0.4 is 5.32 Å². The SMILES string of the molecule is CC(C)CNc1nc(C2SCCSC2C)no1. The summed E-state index contributed by atoms with van der Waals surface area (Å²) in [5.41, 5.74) is 0. The van der Waals surface area contributed by atoms with Gasteiger partial charge in [0.25, 0.3) is 0 Å². The van der Waals surface area contributed by atoms with E-state index in [1.54, 1.807) is 0 Å². The minimum Gasteiger partial charge on any atom is -0.337 e. The van der Waals surface area contributed by atoms with Gasteiger partial charge >= 0.3 is 6.01 Å². The summed E-state index contributed by atoms with van der Waals surface area (Å²) in [5.74, 6) is 3.80. The topological polar surface area (TPSA) is 51.0 Å². The number of hydrogen-bond donors (Lipinski definition) is 1. The highest BCUT2D eigenvalue weighted by molar-refractivity contribution is 8.06. The molecule has 0 aliphatic carbocycles. The quantitative estimate of drug-likeness (QED) is 0.910. The fourth-order valence-electron chi connectivity index (χ4n) is 1.63. The zero-order valence-electron chi connectivity index (χ0n) is 10.5. The molecule has 1 saturated heterocycles. The molecule has 6 heteroatoms. The maximum absolute atomic E-state index is 5.22. The van der Waals surface area contributed by atoms with Crippen LogP contribution in [0.5, 0.6) is 0 Å². The predicted molar refractivity (Wildman–Crippen MR) is 74.7 cm³/mol. The molecule has 0 saturated carbocycles. The Labute approximate surface area is 111 Å². The first-order valence-corrected chi connectivity index (χ1v) is 8.07. The Hall–Kier alpha value is -0.360. The lowest BCUT2D eigenvalue weighted by molar-refractivity contribution is 0.419. The van der Waals surface area contributed by atoms with Crippen LogP contribution in [0.2, 0.25) is 0 Å². The number of thioether (sulfide) groups is 2. The average Bonchev–Trinajstić information content (AvgIpc) is 2.75. The summed E-state index contributed by atoms with van der Waals surface area (Å²) in [7, 11) is 0. The van der Waals surface area contributed by atoms with E-state index in [1.165, 1.54) is 11.5 Å². The van der Waals surface area contributed by atoms with Crippen molar-refractivity contribution in [2.24, 2.45) is 5.92 Å². The van der Waals surface area contributed by atoms with E-state index in [2.05, 4.69) is 36.2 Å². The summed E-state index contributed by atoms with van der Waals surface area (Å²) in [6.07, 6.45) is 0. The zero-order valence-corrected chi connectivity index (χ0v) is 12.1. The molecular weight excluding hydrogens is 254 g/mol. The molecule has 0 aromatic carbocycles. The van der Waals surface area contributed by atoms with Crippen LogP contribution in [0.3, 0.4) is 0 Å². The van der Waals surface area contributed by atoms with E-state index in [0.717, 1.165) is 12.4 Å². The van der Waals surface area contributed by atoms with Crippen molar-refractivity contribution in [2.45, 2.75) is 31.3 Å². The van der Waals surface area contributed by atoms with Gasteiger partial charge in [0.15, 0.2) is 5.82 Å². The van der Waals surface area contributed by atoms with Crippen molar-refractivity contribution in [1.82, 2.24) is 10.1 Å². The number of aromatic nitrogens is 2. The molecule has 0 amide bonds. The minimum atomic E-state index is 0.368. The minimum absolute atomic E-state index is 0.368. The van der Waals surface area contributed by atoms with E-state index >= 15 is 0 Å². The van der Waals surface area contributed by atoms with Crippen molar-refractivity contribution in [1.29, 1.82) is 0 Å². The van der Waals surface area contributed by atoms with E-state index in [9.17, 15) is 0 Å². The van der Waals surface area contributed by atoms with Crippen LogP contribution >= 0.6 is 23.5 Å². The Morgan fingerprint density at radius 2 is 2.18 bits per heavy atom. The van der Waals surface area contributed by atoms with Gasteiger partial charge in [-0.15, -0.1) is 11.8 Å². The van der Waals surface area contributed by atoms with Crippen molar-refractivity contribution in [2.75, 3.05) is 23.4 Å². The van der Waals surface area contributed by atoms with Crippen LogP contribution in [0.1, 0.15) is 31.8 Å². The molecule has 2 atom stereocenters. The molecule has 0 spiro atoms. The third-order valence-electron chi connectivity index (χ3n) is 2.55. The Balaban J connectivity index is 1.97. The molecule has 2 heterocycles. The fourth-order valence-corrected chi connectivity index (χ4v) is 4.31. The second-order valence-electron chi connectivity index (χ2n) is 4.60. The lowest BCUT2D eigenvalue weighted by atomic mass is 10.2. The second kappa shape index (κ2) is 6.00. The van der Waals surface area contributed by atoms with Crippen LogP contribution in [0.15, 0.2) is 4.52 Å². The van der Waals surface area contributed by atoms with Crippen molar-refractivity contribution in [3.8, 4) is 0 Å². The van der Waals surface area contributed by atoms with E-state index in [-0.39, 0.29) is 0 Å². The molecule has 4 nitrogen and oxygen atoms in total.